The molecular formula is C19H20N6O3. The zero-order valence-electron chi connectivity index (χ0n) is 15.4. The highest BCUT2D eigenvalue weighted by Crippen LogP contribution is 2.23. The molecule has 9 heteroatoms. The lowest BCUT2D eigenvalue weighted by Gasteiger charge is -2.31. The molecule has 1 aliphatic rings. The van der Waals surface area contributed by atoms with Gasteiger partial charge in [0.05, 0.1) is 29.7 Å². The van der Waals surface area contributed by atoms with Crippen molar-refractivity contribution in [2.45, 2.75) is 25.8 Å². The molecule has 0 bridgehead atoms. The minimum Gasteiger partial charge on any atom is -0.478 e. The van der Waals surface area contributed by atoms with Crippen molar-refractivity contribution in [2.24, 2.45) is 0 Å². The maximum atomic E-state index is 12.8. The van der Waals surface area contributed by atoms with Gasteiger partial charge < -0.3 is 10.0 Å². The zero-order valence-corrected chi connectivity index (χ0v) is 15.4. The first-order valence-electron chi connectivity index (χ1n) is 9.07. The number of aromatic carboxylic acids is 1. The van der Waals surface area contributed by atoms with Crippen LogP contribution in [0.4, 0.5) is 0 Å². The summed E-state index contributed by atoms with van der Waals surface area (Å²) in [6.07, 6.45) is 5.95. The molecule has 1 saturated heterocycles. The van der Waals surface area contributed by atoms with Gasteiger partial charge in [-0.3, -0.25) is 9.48 Å². The molecule has 1 fully saturated rings. The third kappa shape index (κ3) is 3.51. The summed E-state index contributed by atoms with van der Waals surface area (Å²) in [4.78, 5) is 25.5. The number of carbonyl (C=O) groups is 2. The van der Waals surface area contributed by atoms with Crippen LogP contribution in [-0.2, 0) is 0 Å². The second kappa shape index (κ2) is 7.26. The number of carbonyl (C=O) groups excluding carboxylic acids is 1. The van der Waals surface area contributed by atoms with Gasteiger partial charge in [0.1, 0.15) is 0 Å². The first kappa shape index (κ1) is 17.9. The van der Waals surface area contributed by atoms with Crippen molar-refractivity contribution in [3.63, 3.8) is 0 Å². The van der Waals surface area contributed by atoms with Crippen LogP contribution in [0, 0.1) is 6.92 Å². The molecule has 0 atom stereocenters. The third-order valence-electron chi connectivity index (χ3n) is 4.95. The number of piperidine rings is 1. The van der Waals surface area contributed by atoms with E-state index in [0.717, 1.165) is 11.3 Å². The Bertz CT molecular complexity index is 1020. The van der Waals surface area contributed by atoms with Gasteiger partial charge in [-0.2, -0.15) is 5.10 Å². The summed E-state index contributed by atoms with van der Waals surface area (Å²) < 4.78 is 3.28. The molecule has 0 unspecified atom stereocenters. The first-order valence-corrected chi connectivity index (χ1v) is 9.07. The van der Waals surface area contributed by atoms with Crippen LogP contribution in [0.15, 0.2) is 42.9 Å². The Morgan fingerprint density at radius 3 is 2.64 bits per heavy atom. The quantitative estimate of drug-likeness (QED) is 0.741. The summed E-state index contributed by atoms with van der Waals surface area (Å²) in [5.41, 5.74) is 2.45. The van der Waals surface area contributed by atoms with Gasteiger partial charge in [-0.15, -0.1) is 5.10 Å². The van der Waals surface area contributed by atoms with E-state index in [1.54, 1.807) is 20.5 Å². The van der Waals surface area contributed by atoms with Gasteiger partial charge in [-0.1, -0.05) is 17.3 Å². The molecule has 1 amide bonds. The van der Waals surface area contributed by atoms with Crippen LogP contribution in [0.25, 0.3) is 5.69 Å². The minimum atomic E-state index is -0.990. The van der Waals surface area contributed by atoms with Crippen molar-refractivity contribution in [1.82, 2.24) is 29.7 Å². The summed E-state index contributed by atoms with van der Waals surface area (Å²) in [6, 6.07) is 7.90. The molecule has 28 heavy (non-hydrogen) atoms. The van der Waals surface area contributed by atoms with Crippen LogP contribution in [0.3, 0.4) is 0 Å². The van der Waals surface area contributed by atoms with Crippen molar-refractivity contribution >= 4 is 11.9 Å². The number of likely N-dealkylation sites (tertiary alicyclic amines) is 1. The number of hydrogen-bond acceptors (Lipinski definition) is 5. The number of nitrogens with zero attached hydrogens (tertiary/aromatic N) is 6. The molecule has 1 N–H and O–H groups in total. The van der Waals surface area contributed by atoms with Crippen molar-refractivity contribution in [3.8, 4) is 5.69 Å². The Kier molecular flexibility index (Phi) is 4.64. The number of carboxylic acid groups (broad SMARTS) is 1. The van der Waals surface area contributed by atoms with Crippen LogP contribution in [0.5, 0.6) is 0 Å². The summed E-state index contributed by atoms with van der Waals surface area (Å²) in [7, 11) is 0. The normalized spacial score (nSPS) is 15.0. The van der Waals surface area contributed by atoms with Gasteiger partial charge >= 0.3 is 5.97 Å². The smallest absolute Gasteiger partial charge is 0.338 e. The van der Waals surface area contributed by atoms with Crippen molar-refractivity contribution in [2.75, 3.05) is 13.1 Å². The Hall–Kier alpha value is -3.49. The van der Waals surface area contributed by atoms with E-state index >= 15 is 0 Å². The number of aromatic nitrogens is 5. The lowest BCUT2D eigenvalue weighted by molar-refractivity contribution is 0.0683. The maximum absolute atomic E-state index is 12.8. The van der Waals surface area contributed by atoms with Crippen LogP contribution < -0.4 is 0 Å². The Morgan fingerprint density at radius 2 is 1.96 bits per heavy atom. The summed E-state index contributed by atoms with van der Waals surface area (Å²) in [5.74, 6) is -1.14. The second-order valence-electron chi connectivity index (χ2n) is 6.92. The fourth-order valence-electron chi connectivity index (χ4n) is 3.40. The molecule has 9 nitrogen and oxygen atoms in total. The van der Waals surface area contributed by atoms with E-state index in [1.165, 1.54) is 12.4 Å². The average Bonchev–Trinajstić information content (AvgIpc) is 3.38. The van der Waals surface area contributed by atoms with E-state index in [9.17, 15) is 9.59 Å². The van der Waals surface area contributed by atoms with Crippen molar-refractivity contribution in [3.05, 3.63) is 59.7 Å². The second-order valence-corrected chi connectivity index (χ2v) is 6.92. The Labute approximate surface area is 161 Å². The van der Waals surface area contributed by atoms with E-state index in [0.29, 0.717) is 31.6 Å². The van der Waals surface area contributed by atoms with Crippen LogP contribution >= 0.6 is 0 Å². The van der Waals surface area contributed by atoms with Crippen molar-refractivity contribution in [1.29, 1.82) is 0 Å². The lowest BCUT2D eigenvalue weighted by atomic mass is 10.0. The van der Waals surface area contributed by atoms with E-state index in [1.807, 2.05) is 31.2 Å². The van der Waals surface area contributed by atoms with Gasteiger partial charge in [0.15, 0.2) is 5.69 Å². The zero-order chi connectivity index (χ0) is 19.7. The molecule has 0 radical (unpaired) electrons. The third-order valence-corrected chi connectivity index (χ3v) is 4.95. The molecule has 0 spiro atoms. The number of rotatable bonds is 4. The predicted octanol–water partition coefficient (Wildman–Crippen LogP) is 1.95. The van der Waals surface area contributed by atoms with Gasteiger partial charge in [0, 0.05) is 19.3 Å². The van der Waals surface area contributed by atoms with Crippen LogP contribution in [0.1, 0.15) is 45.3 Å². The number of hydrogen-bond donors (Lipinski definition) is 1. The Morgan fingerprint density at radius 1 is 1.18 bits per heavy atom. The number of amides is 1. The standard InChI is InChI=1S/C19H20N6O3/c1-13-3-2-4-16(9-13)25-12-17(21-22-25)18(26)23-7-5-15(6-8-23)24-11-14(10-20-24)19(27)28/h2-4,9-12,15H,5-8H2,1H3,(H,27,28). The monoisotopic (exact) mass is 380 g/mol. The first-order chi connectivity index (χ1) is 13.5. The summed E-state index contributed by atoms with van der Waals surface area (Å²) in [5, 5.41) is 21.3. The van der Waals surface area contributed by atoms with Gasteiger partial charge in [-0.05, 0) is 37.5 Å². The highest BCUT2D eigenvalue weighted by Gasteiger charge is 2.27. The average molecular weight is 380 g/mol. The highest BCUT2D eigenvalue weighted by molar-refractivity contribution is 5.92. The van der Waals surface area contributed by atoms with Crippen LogP contribution in [0.2, 0.25) is 0 Å². The molecule has 1 aromatic carbocycles. The SMILES string of the molecule is Cc1cccc(-n2cc(C(=O)N3CCC(n4cc(C(=O)O)cn4)CC3)nn2)c1. The fourth-order valence-corrected chi connectivity index (χ4v) is 3.40. The molecular weight excluding hydrogens is 360 g/mol. The predicted molar refractivity (Wildman–Crippen MR) is 99.5 cm³/mol. The number of aryl methyl sites for hydroxylation is 1. The van der Waals surface area contributed by atoms with E-state index in [-0.39, 0.29) is 17.5 Å². The summed E-state index contributed by atoms with van der Waals surface area (Å²) in [6.45, 7) is 3.11. The fraction of sp³-hybridized carbons (Fsp3) is 0.316. The minimum absolute atomic E-state index is 0.0835. The number of benzene rings is 1. The van der Waals surface area contributed by atoms with E-state index in [2.05, 4.69) is 15.4 Å². The van der Waals surface area contributed by atoms with Crippen LogP contribution in [-0.4, -0.2) is 59.7 Å². The van der Waals surface area contributed by atoms with Gasteiger partial charge in [-0.25, -0.2) is 9.48 Å². The topological polar surface area (TPSA) is 106 Å². The molecule has 144 valence electrons. The molecule has 3 heterocycles. The van der Waals surface area contributed by atoms with Gasteiger partial charge in [0.2, 0.25) is 0 Å². The molecule has 0 saturated carbocycles. The highest BCUT2D eigenvalue weighted by atomic mass is 16.4. The lowest BCUT2D eigenvalue weighted by Crippen LogP contribution is -2.39. The van der Waals surface area contributed by atoms with E-state index < -0.39 is 5.97 Å². The Balaban J connectivity index is 1.41. The van der Waals surface area contributed by atoms with Crippen molar-refractivity contribution < 1.29 is 14.7 Å². The maximum Gasteiger partial charge on any atom is 0.338 e. The molecule has 1 aliphatic heterocycles. The molecule has 2 aromatic heterocycles. The van der Waals surface area contributed by atoms with Gasteiger partial charge in [0.25, 0.3) is 5.91 Å². The molecule has 0 aliphatic carbocycles. The molecule has 3 aromatic rings. The van der Waals surface area contributed by atoms with E-state index in [4.69, 9.17) is 5.11 Å². The largest absolute Gasteiger partial charge is 0.478 e. The molecule has 4 rings (SSSR count). The summed E-state index contributed by atoms with van der Waals surface area (Å²) >= 11 is 0. The number of carboxylic acids is 1.